The van der Waals surface area contributed by atoms with Gasteiger partial charge in [0.1, 0.15) is 5.82 Å². The van der Waals surface area contributed by atoms with Crippen LogP contribution >= 0.6 is 11.3 Å². The lowest BCUT2D eigenvalue weighted by Gasteiger charge is -2.21. The Hall–Kier alpha value is -2.29. The molecule has 2 aromatic heterocycles. The Morgan fingerprint density at radius 3 is 2.50 bits per heavy atom. The number of amides is 1. The third-order valence-corrected chi connectivity index (χ3v) is 5.37. The standard InChI is InChI=1S/C20H28N4O3S/c1-14(25)17-8-9-18(28-17)16-7-6-15(19(22-16)21-10-13-27-5)20(26)24(4)12-11-23(2)3/h6-9H,10-13H2,1-5H3,(H,21,22). The van der Waals surface area contributed by atoms with Crippen LogP contribution in [0.2, 0.25) is 0 Å². The lowest BCUT2D eigenvalue weighted by atomic mass is 10.2. The third-order valence-electron chi connectivity index (χ3n) is 4.16. The fourth-order valence-corrected chi connectivity index (χ4v) is 3.37. The number of nitrogens with one attached hydrogen (secondary N) is 1. The highest BCUT2D eigenvalue weighted by Crippen LogP contribution is 2.29. The molecule has 0 unspecified atom stereocenters. The molecule has 0 aliphatic rings. The number of pyridine rings is 1. The van der Waals surface area contributed by atoms with E-state index in [0.717, 1.165) is 17.1 Å². The maximum absolute atomic E-state index is 12.9. The van der Waals surface area contributed by atoms with Gasteiger partial charge in [0.2, 0.25) is 0 Å². The van der Waals surface area contributed by atoms with E-state index in [9.17, 15) is 9.59 Å². The molecule has 0 fully saturated rings. The van der Waals surface area contributed by atoms with E-state index in [1.54, 1.807) is 38.1 Å². The van der Waals surface area contributed by atoms with Crippen LogP contribution in [0, 0.1) is 0 Å². The predicted octanol–water partition coefficient (Wildman–Crippen LogP) is 2.70. The molecule has 2 rings (SSSR count). The fourth-order valence-electron chi connectivity index (χ4n) is 2.50. The number of hydrogen-bond donors (Lipinski definition) is 1. The molecule has 1 amide bonds. The summed E-state index contributed by atoms with van der Waals surface area (Å²) >= 11 is 1.40. The van der Waals surface area contributed by atoms with E-state index in [4.69, 9.17) is 4.74 Å². The number of aromatic nitrogens is 1. The maximum Gasteiger partial charge on any atom is 0.257 e. The number of likely N-dealkylation sites (N-methyl/N-ethyl adjacent to an activating group) is 2. The second-order valence-corrected chi connectivity index (χ2v) is 7.85. The molecule has 0 spiro atoms. The van der Waals surface area contributed by atoms with E-state index in [0.29, 0.717) is 36.0 Å². The lowest BCUT2D eigenvalue weighted by molar-refractivity contribution is 0.0786. The first-order chi connectivity index (χ1) is 13.3. The Kier molecular flexibility index (Phi) is 8.10. The molecule has 0 aliphatic carbocycles. The van der Waals surface area contributed by atoms with Crippen LogP contribution in [0.4, 0.5) is 5.82 Å². The zero-order chi connectivity index (χ0) is 20.7. The van der Waals surface area contributed by atoms with E-state index in [2.05, 4.69) is 10.3 Å². The van der Waals surface area contributed by atoms with Crippen LogP contribution in [0.1, 0.15) is 27.0 Å². The lowest BCUT2D eigenvalue weighted by Crippen LogP contribution is -2.34. The molecule has 7 nitrogen and oxygen atoms in total. The molecule has 0 saturated heterocycles. The van der Waals surface area contributed by atoms with Crippen molar-refractivity contribution >= 4 is 28.8 Å². The average Bonchev–Trinajstić information content (AvgIpc) is 3.16. The minimum Gasteiger partial charge on any atom is -0.383 e. The molecule has 1 N–H and O–H groups in total. The van der Waals surface area contributed by atoms with Gasteiger partial charge in [0.25, 0.3) is 5.91 Å². The van der Waals surface area contributed by atoms with Gasteiger partial charge in [0.15, 0.2) is 5.78 Å². The van der Waals surface area contributed by atoms with Gasteiger partial charge in [-0.25, -0.2) is 4.98 Å². The van der Waals surface area contributed by atoms with Crippen molar-refractivity contribution in [2.24, 2.45) is 0 Å². The molecular formula is C20H28N4O3S. The van der Waals surface area contributed by atoms with Gasteiger partial charge in [-0.3, -0.25) is 9.59 Å². The van der Waals surface area contributed by atoms with Crippen molar-refractivity contribution in [3.63, 3.8) is 0 Å². The molecule has 2 heterocycles. The number of methoxy groups -OCH3 is 1. The second-order valence-electron chi connectivity index (χ2n) is 6.76. The van der Waals surface area contributed by atoms with Gasteiger partial charge in [-0.15, -0.1) is 11.3 Å². The zero-order valence-electron chi connectivity index (χ0n) is 17.1. The zero-order valence-corrected chi connectivity index (χ0v) is 17.9. The quantitative estimate of drug-likeness (QED) is 0.485. The molecule has 152 valence electrons. The Labute approximate surface area is 170 Å². The van der Waals surface area contributed by atoms with E-state index < -0.39 is 0 Å². The summed E-state index contributed by atoms with van der Waals surface area (Å²) < 4.78 is 5.09. The minimum absolute atomic E-state index is 0.0315. The highest BCUT2D eigenvalue weighted by Gasteiger charge is 2.19. The molecule has 0 aromatic carbocycles. The predicted molar refractivity (Wildman–Crippen MR) is 113 cm³/mol. The normalized spacial score (nSPS) is 10.9. The van der Waals surface area contributed by atoms with Crippen LogP contribution < -0.4 is 5.32 Å². The number of thiophene rings is 1. The van der Waals surface area contributed by atoms with Crippen LogP contribution in [0.5, 0.6) is 0 Å². The summed E-state index contributed by atoms with van der Waals surface area (Å²) in [6.45, 7) is 3.99. The molecule has 2 aromatic rings. The van der Waals surface area contributed by atoms with Crippen LogP contribution in [0.3, 0.4) is 0 Å². The molecule has 0 aliphatic heterocycles. The first-order valence-corrected chi connectivity index (χ1v) is 9.90. The van der Waals surface area contributed by atoms with E-state index in [1.807, 2.05) is 31.1 Å². The SMILES string of the molecule is COCCNc1nc(-c2ccc(C(C)=O)s2)ccc1C(=O)N(C)CCN(C)C. The van der Waals surface area contributed by atoms with E-state index >= 15 is 0 Å². The van der Waals surface area contributed by atoms with Gasteiger partial charge in [-0.05, 0) is 45.3 Å². The second kappa shape index (κ2) is 10.3. The minimum atomic E-state index is -0.0866. The number of ketones is 1. The Morgan fingerprint density at radius 2 is 1.89 bits per heavy atom. The van der Waals surface area contributed by atoms with Crippen LogP contribution in [0.15, 0.2) is 24.3 Å². The van der Waals surface area contributed by atoms with Crippen LogP contribution in [-0.4, -0.2) is 81.0 Å². The fraction of sp³-hybridized carbons (Fsp3) is 0.450. The number of anilines is 1. The first kappa shape index (κ1) is 22.0. The molecular weight excluding hydrogens is 376 g/mol. The van der Waals surface area contributed by atoms with Gasteiger partial charge in [0, 0.05) is 33.8 Å². The summed E-state index contributed by atoms with van der Waals surface area (Å²) in [5, 5.41) is 3.20. The van der Waals surface area contributed by atoms with Crippen molar-refractivity contribution in [3.8, 4) is 10.6 Å². The summed E-state index contributed by atoms with van der Waals surface area (Å²) in [5.41, 5.74) is 1.24. The topological polar surface area (TPSA) is 74.8 Å². The number of nitrogens with zero attached hydrogens (tertiary/aromatic N) is 3. The van der Waals surface area contributed by atoms with Crippen molar-refractivity contribution in [3.05, 3.63) is 34.7 Å². The van der Waals surface area contributed by atoms with Gasteiger partial charge in [-0.1, -0.05) is 0 Å². The Morgan fingerprint density at radius 1 is 1.14 bits per heavy atom. The van der Waals surface area contributed by atoms with Crippen molar-refractivity contribution < 1.29 is 14.3 Å². The average molecular weight is 405 g/mol. The number of Topliss-reactive ketones (excluding diaryl/α,β-unsaturated/α-hetero) is 1. The van der Waals surface area contributed by atoms with Gasteiger partial charge < -0.3 is 19.9 Å². The molecule has 0 atom stereocenters. The number of ether oxygens (including phenoxy) is 1. The smallest absolute Gasteiger partial charge is 0.257 e. The largest absolute Gasteiger partial charge is 0.383 e. The summed E-state index contributed by atoms with van der Waals surface area (Å²) in [6, 6.07) is 7.30. The van der Waals surface area contributed by atoms with Crippen molar-refractivity contribution in [1.82, 2.24) is 14.8 Å². The van der Waals surface area contributed by atoms with Crippen molar-refractivity contribution in [1.29, 1.82) is 0 Å². The summed E-state index contributed by atoms with van der Waals surface area (Å²) in [4.78, 5) is 34.4. The highest BCUT2D eigenvalue weighted by molar-refractivity contribution is 7.17. The molecule has 8 heteroatoms. The Bertz CT molecular complexity index is 820. The Balaban J connectivity index is 2.30. The summed E-state index contributed by atoms with van der Waals surface area (Å²) in [5.74, 6) is 0.467. The number of hydrogen-bond acceptors (Lipinski definition) is 7. The first-order valence-electron chi connectivity index (χ1n) is 9.08. The van der Waals surface area contributed by atoms with E-state index in [-0.39, 0.29) is 11.7 Å². The highest BCUT2D eigenvalue weighted by atomic mass is 32.1. The monoisotopic (exact) mass is 404 g/mol. The van der Waals surface area contributed by atoms with Crippen molar-refractivity contribution in [2.45, 2.75) is 6.92 Å². The number of rotatable bonds is 10. The molecule has 0 saturated carbocycles. The number of carbonyl (C=O) groups excluding carboxylic acids is 2. The molecule has 28 heavy (non-hydrogen) atoms. The molecule has 0 bridgehead atoms. The third kappa shape index (κ3) is 5.85. The maximum atomic E-state index is 12.9. The van der Waals surface area contributed by atoms with Gasteiger partial charge in [0.05, 0.1) is 27.6 Å². The van der Waals surface area contributed by atoms with Gasteiger partial charge in [-0.2, -0.15) is 0 Å². The summed E-state index contributed by atoms with van der Waals surface area (Å²) in [6.07, 6.45) is 0. The summed E-state index contributed by atoms with van der Waals surface area (Å²) in [7, 11) is 7.37. The van der Waals surface area contributed by atoms with Gasteiger partial charge >= 0.3 is 0 Å². The number of carbonyl (C=O) groups is 2. The van der Waals surface area contributed by atoms with E-state index in [1.165, 1.54) is 11.3 Å². The molecule has 0 radical (unpaired) electrons. The van der Waals surface area contributed by atoms with Crippen molar-refractivity contribution in [2.75, 3.05) is 59.8 Å². The van der Waals surface area contributed by atoms with Crippen LogP contribution in [-0.2, 0) is 4.74 Å². The van der Waals surface area contributed by atoms with Crippen LogP contribution in [0.25, 0.3) is 10.6 Å².